The standard InChI is InChI=1S/C21H23F3N4O2S/c1-12(2)10-17(29)25-8-9-26-19(30)16-11-15-18(21(22,23)24)27-28(20(15)31-16)14-6-4-13(3)5-7-14/h4-7,11-12H,8-10H2,1-3H3,(H,25,29)(H,26,30). The number of thiophene rings is 1. The summed E-state index contributed by atoms with van der Waals surface area (Å²) >= 11 is 0.942. The van der Waals surface area contributed by atoms with Crippen molar-refractivity contribution in [3.8, 4) is 5.69 Å². The molecule has 6 nitrogen and oxygen atoms in total. The molecule has 0 radical (unpaired) electrons. The van der Waals surface area contributed by atoms with E-state index in [1.807, 2.05) is 20.8 Å². The van der Waals surface area contributed by atoms with Crippen molar-refractivity contribution < 1.29 is 22.8 Å². The van der Waals surface area contributed by atoms with Gasteiger partial charge in [0.25, 0.3) is 5.91 Å². The number of halogens is 3. The number of fused-ring (bicyclic) bond motifs is 1. The average molecular weight is 453 g/mol. The fourth-order valence-electron chi connectivity index (χ4n) is 3.00. The van der Waals surface area contributed by atoms with Crippen molar-refractivity contribution in [3.05, 3.63) is 46.5 Å². The van der Waals surface area contributed by atoms with Gasteiger partial charge in [0.2, 0.25) is 5.91 Å². The first-order valence-corrected chi connectivity index (χ1v) is 10.6. The molecule has 0 aliphatic heterocycles. The van der Waals surface area contributed by atoms with Gasteiger partial charge in [0.05, 0.1) is 10.6 Å². The molecule has 0 bridgehead atoms. The normalized spacial score (nSPS) is 11.8. The fraction of sp³-hybridized carbons (Fsp3) is 0.381. The molecule has 3 aromatic rings. The predicted molar refractivity (Wildman–Crippen MR) is 113 cm³/mol. The molecule has 2 amide bonds. The highest BCUT2D eigenvalue weighted by Crippen LogP contribution is 2.38. The molecule has 2 N–H and O–H groups in total. The van der Waals surface area contributed by atoms with Gasteiger partial charge < -0.3 is 10.6 Å². The molecule has 1 aromatic carbocycles. The zero-order valence-corrected chi connectivity index (χ0v) is 18.2. The number of hydrogen-bond acceptors (Lipinski definition) is 4. The number of amides is 2. The number of nitrogens with zero attached hydrogens (tertiary/aromatic N) is 2. The minimum absolute atomic E-state index is 0.112. The summed E-state index contributed by atoms with van der Waals surface area (Å²) in [7, 11) is 0. The van der Waals surface area contributed by atoms with Crippen LogP contribution in [0.5, 0.6) is 0 Å². The number of rotatable bonds is 7. The van der Waals surface area contributed by atoms with Crippen molar-refractivity contribution in [1.29, 1.82) is 0 Å². The minimum atomic E-state index is -4.65. The van der Waals surface area contributed by atoms with Crippen LogP contribution in [0.1, 0.15) is 41.2 Å². The third-order valence-electron chi connectivity index (χ3n) is 4.46. The van der Waals surface area contributed by atoms with Crippen LogP contribution in [0, 0.1) is 12.8 Å². The molecule has 0 saturated carbocycles. The van der Waals surface area contributed by atoms with Gasteiger partial charge >= 0.3 is 6.18 Å². The molecule has 2 heterocycles. The second-order valence-corrected chi connectivity index (χ2v) is 8.66. The molecular formula is C21H23F3N4O2S. The summed E-state index contributed by atoms with van der Waals surface area (Å²) in [5, 5.41) is 8.97. The average Bonchev–Trinajstić information content (AvgIpc) is 3.24. The van der Waals surface area contributed by atoms with Gasteiger partial charge in [-0.15, -0.1) is 11.3 Å². The van der Waals surface area contributed by atoms with Gasteiger partial charge in [-0.05, 0) is 31.0 Å². The quantitative estimate of drug-likeness (QED) is 0.525. The van der Waals surface area contributed by atoms with Crippen LogP contribution in [-0.4, -0.2) is 34.7 Å². The van der Waals surface area contributed by atoms with E-state index in [0.717, 1.165) is 16.9 Å². The second kappa shape index (κ2) is 9.09. The van der Waals surface area contributed by atoms with E-state index in [9.17, 15) is 22.8 Å². The highest BCUT2D eigenvalue weighted by molar-refractivity contribution is 7.20. The summed E-state index contributed by atoms with van der Waals surface area (Å²) in [6.07, 6.45) is -4.26. The maximum atomic E-state index is 13.5. The number of hydrogen-bond donors (Lipinski definition) is 2. The Morgan fingerprint density at radius 2 is 1.77 bits per heavy atom. The smallest absolute Gasteiger partial charge is 0.354 e. The number of aryl methyl sites for hydroxylation is 1. The Labute approximate surface area is 181 Å². The van der Waals surface area contributed by atoms with E-state index in [1.165, 1.54) is 10.7 Å². The second-order valence-electron chi connectivity index (χ2n) is 7.63. The molecule has 0 aliphatic rings. The van der Waals surface area contributed by atoms with E-state index >= 15 is 0 Å². The van der Waals surface area contributed by atoms with Crippen LogP contribution >= 0.6 is 11.3 Å². The lowest BCUT2D eigenvalue weighted by molar-refractivity contribution is -0.140. The van der Waals surface area contributed by atoms with Gasteiger partial charge in [0.15, 0.2) is 5.69 Å². The van der Waals surface area contributed by atoms with Crippen molar-refractivity contribution in [1.82, 2.24) is 20.4 Å². The maximum absolute atomic E-state index is 13.5. The first kappa shape index (κ1) is 22.8. The van der Waals surface area contributed by atoms with Crippen molar-refractivity contribution in [2.75, 3.05) is 13.1 Å². The van der Waals surface area contributed by atoms with Crippen LogP contribution in [0.25, 0.3) is 15.9 Å². The predicted octanol–water partition coefficient (Wildman–Crippen LogP) is 4.31. The Balaban J connectivity index is 1.80. The zero-order valence-electron chi connectivity index (χ0n) is 17.3. The number of nitrogens with one attached hydrogen (secondary N) is 2. The Kier molecular flexibility index (Phi) is 6.68. The van der Waals surface area contributed by atoms with Crippen LogP contribution in [0.4, 0.5) is 13.2 Å². The molecule has 0 atom stereocenters. The van der Waals surface area contributed by atoms with Crippen molar-refractivity contribution in [2.45, 2.75) is 33.4 Å². The third-order valence-corrected chi connectivity index (χ3v) is 5.57. The van der Waals surface area contributed by atoms with Gasteiger partial charge in [-0.2, -0.15) is 18.3 Å². The molecule has 166 valence electrons. The van der Waals surface area contributed by atoms with E-state index < -0.39 is 17.8 Å². The van der Waals surface area contributed by atoms with E-state index in [1.54, 1.807) is 24.3 Å². The van der Waals surface area contributed by atoms with E-state index in [2.05, 4.69) is 15.7 Å². The molecule has 0 spiro atoms. The Morgan fingerprint density at radius 3 is 2.39 bits per heavy atom. The molecule has 3 rings (SSSR count). The summed E-state index contributed by atoms with van der Waals surface area (Å²) in [6.45, 7) is 6.15. The SMILES string of the molecule is Cc1ccc(-n2nc(C(F)(F)F)c3cc(C(=O)NCCNC(=O)CC(C)C)sc32)cc1. The first-order chi connectivity index (χ1) is 14.6. The van der Waals surface area contributed by atoms with E-state index in [-0.39, 0.29) is 40.0 Å². The first-order valence-electron chi connectivity index (χ1n) is 9.78. The van der Waals surface area contributed by atoms with E-state index in [4.69, 9.17) is 0 Å². The highest BCUT2D eigenvalue weighted by Gasteiger charge is 2.38. The van der Waals surface area contributed by atoms with Crippen LogP contribution in [-0.2, 0) is 11.0 Å². The van der Waals surface area contributed by atoms with Crippen LogP contribution in [0.2, 0.25) is 0 Å². The molecular weight excluding hydrogens is 429 g/mol. The number of benzene rings is 1. The minimum Gasteiger partial charge on any atom is -0.354 e. The summed E-state index contributed by atoms with van der Waals surface area (Å²) in [5.74, 6) is -0.383. The van der Waals surface area contributed by atoms with Gasteiger partial charge in [0.1, 0.15) is 4.83 Å². The maximum Gasteiger partial charge on any atom is 0.435 e. The summed E-state index contributed by atoms with van der Waals surface area (Å²) in [5.41, 5.74) is 0.419. The number of carbonyl (C=O) groups excluding carboxylic acids is 2. The van der Waals surface area contributed by atoms with Crippen LogP contribution in [0.3, 0.4) is 0 Å². The van der Waals surface area contributed by atoms with Gasteiger partial charge in [-0.1, -0.05) is 31.5 Å². The largest absolute Gasteiger partial charge is 0.435 e. The van der Waals surface area contributed by atoms with Crippen LogP contribution in [0.15, 0.2) is 30.3 Å². The van der Waals surface area contributed by atoms with Crippen LogP contribution < -0.4 is 10.6 Å². The Morgan fingerprint density at radius 1 is 1.13 bits per heavy atom. The van der Waals surface area contributed by atoms with Crippen molar-refractivity contribution >= 4 is 33.4 Å². The fourth-order valence-corrected chi connectivity index (χ4v) is 4.05. The molecule has 31 heavy (non-hydrogen) atoms. The lowest BCUT2D eigenvalue weighted by atomic mass is 10.1. The molecule has 0 fully saturated rings. The lowest BCUT2D eigenvalue weighted by Gasteiger charge is -2.08. The number of alkyl halides is 3. The summed E-state index contributed by atoms with van der Waals surface area (Å²) in [6, 6.07) is 8.14. The molecule has 10 heteroatoms. The number of aromatic nitrogens is 2. The molecule has 2 aromatic heterocycles. The topological polar surface area (TPSA) is 76.0 Å². The van der Waals surface area contributed by atoms with E-state index in [0.29, 0.717) is 12.1 Å². The Bertz CT molecular complexity index is 1080. The molecule has 0 saturated heterocycles. The monoisotopic (exact) mass is 452 g/mol. The highest BCUT2D eigenvalue weighted by atomic mass is 32.1. The van der Waals surface area contributed by atoms with Crippen molar-refractivity contribution in [3.63, 3.8) is 0 Å². The third kappa shape index (κ3) is 5.43. The molecule has 0 unspecified atom stereocenters. The van der Waals surface area contributed by atoms with Gasteiger partial charge in [-0.25, -0.2) is 4.68 Å². The lowest BCUT2D eigenvalue weighted by Crippen LogP contribution is -2.34. The van der Waals surface area contributed by atoms with Gasteiger partial charge in [-0.3, -0.25) is 9.59 Å². The summed E-state index contributed by atoms with van der Waals surface area (Å²) < 4.78 is 41.8. The summed E-state index contributed by atoms with van der Waals surface area (Å²) in [4.78, 5) is 24.5. The number of carbonyl (C=O) groups is 2. The Hall–Kier alpha value is -2.88. The van der Waals surface area contributed by atoms with Crippen molar-refractivity contribution in [2.24, 2.45) is 5.92 Å². The zero-order chi connectivity index (χ0) is 22.8. The van der Waals surface area contributed by atoms with Gasteiger partial charge in [0, 0.05) is 24.9 Å². The molecule has 0 aliphatic carbocycles.